The summed E-state index contributed by atoms with van der Waals surface area (Å²) in [6.07, 6.45) is -12.6. The molecule has 0 aromatic carbocycles. The summed E-state index contributed by atoms with van der Waals surface area (Å²) < 4.78 is 55.1. The van der Waals surface area contributed by atoms with Crippen molar-refractivity contribution in [3.8, 4) is 0 Å². The Labute approximate surface area is 47.1 Å². The number of halogens is 5. The summed E-state index contributed by atoms with van der Waals surface area (Å²) in [5.74, 6) is 0. The quantitative estimate of drug-likeness (QED) is 0.556. The SMILES string of the molecule is OC(F)C(F)C(F)(F)F. The highest BCUT2D eigenvalue weighted by Crippen LogP contribution is 2.25. The van der Waals surface area contributed by atoms with E-state index in [1.54, 1.807) is 0 Å². The van der Waals surface area contributed by atoms with E-state index in [2.05, 4.69) is 0 Å². The van der Waals surface area contributed by atoms with Crippen LogP contribution < -0.4 is 0 Å². The normalized spacial score (nSPS) is 19.3. The summed E-state index contributed by atoms with van der Waals surface area (Å²) >= 11 is 0. The van der Waals surface area contributed by atoms with Crippen molar-refractivity contribution in [1.29, 1.82) is 0 Å². The lowest BCUT2D eigenvalue weighted by Crippen LogP contribution is -2.33. The average Bonchev–Trinajstić information content (AvgIpc) is 1.62. The Morgan fingerprint density at radius 2 is 1.44 bits per heavy atom. The molecule has 0 bridgehead atoms. The topological polar surface area (TPSA) is 20.2 Å². The summed E-state index contributed by atoms with van der Waals surface area (Å²) in [5.41, 5.74) is 0. The Morgan fingerprint density at radius 1 is 1.11 bits per heavy atom. The van der Waals surface area contributed by atoms with Crippen molar-refractivity contribution in [2.45, 2.75) is 18.7 Å². The van der Waals surface area contributed by atoms with Gasteiger partial charge in [0, 0.05) is 0 Å². The van der Waals surface area contributed by atoms with E-state index in [0.29, 0.717) is 0 Å². The van der Waals surface area contributed by atoms with Gasteiger partial charge in [0.25, 0.3) is 0 Å². The van der Waals surface area contributed by atoms with Crippen LogP contribution in [0, 0.1) is 0 Å². The molecule has 0 rings (SSSR count). The first kappa shape index (κ1) is 8.61. The molecule has 56 valence electrons. The van der Waals surface area contributed by atoms with Gasteiger partial charge in [-0.3, -0.25) is 0 Å². The van der Waals surface area contributed by atoms with E-state index >= 15 is 0 Å². The van der Waals surface area contributed by atoms with Crippen molar-refractivity contribution in [1.82, 2.24) is 0 Å². The lowest BCUT2D eigenvalue weighted by Gasteiger charge is -2.10. The fourth-order valence-electron chi connectivity index (χ4n) is 0.156. The van der Waals surface area contributed by atoms with Crippen molar-refractivity contribution in [2.24, 2.45) is 0 Å². The van der Waals surface area contributed by atoms with Gasteiger partial charge >= 0.3 is 6.18 Å². The molecule has 0 fully saturated rings. The maximum absolute atomic E-state index is 11.3. The molecule has 0 amide bonds. The highest BCUT2D eigenvalue weighted by molar-refractivity contribution is 4.66. The van der Waals surface area contributed by atoms with Gasteiger partial charge in [0.05, 0.1) is 0 Å². The molecule has 0 spiro atoms. The van der Waals surface area contributed by atoms with Crippen molar-refractivity contribution < 1.29 is 27.1 Å². The minimum absolute atomic E-state index is 3.48. The van der Waals surface area contributed by atoms with Crippen LogP contribution in [0.4, 0.5) is 22.0 Å². The second kappa shape index (κ2) is 2.47. The van der Waals surface area contributed by atoms with Crippen molar-refractivity contribution >= 4 is 0 Å². The van der Waals surface area contributed by atoms with Gasteiger partial charge < -0.3 is 5.11 Å². The van der Waals surface area contributed by atoms with E-state index in [4.69, 9.17) is 5.11 Å². The van der Waals surface area contributed by atoms with Crippen LogP contribution >= 0.6 is 0 Å². The van der Waals surface area contributed by atoms with Gasteiger partial charge in [-0.1, -0.05) is 0 Å². The standard InChI is InChI=1S/C3H3F5O/c4-1(2(5)9)3(6,7)8/h1-2,9H. The minimum Gasteiger partial charge on any atom is -0.362 e. The molecule has 0 aliphatic rings. The number of hydrogen-bond donors (Lipinski definition) is 1. The Kier molecular flexibility index (Phi) is 2.36. The van der Waals surface area contributed by atoms with Crippen LogP contribution in [0.15, 0.2) is 0 Å². The molecule has 0 aliphatic carbocycles. The second-order valence-electron chi connectivity index (χ2n) is 1.32. The van der Waals surface area contributed by atoms with E-state index in [0.717, 1.165) is 0 Å². The molecule has 1 nitrogen and oxygen atoms in total. The molecule has 0 heterocycles. The third-order valence-corrected chi connectivity index (χ3v) is 0.554. The van der Waals surface area contributed by atoms with Crippen LogP contribution in [0.25, 0.3) is 0 Å². The summed E-state index contributed by atoms with van der Waals surface area (Å²) in [6, 6.07) is 0. The van der Waals surface area contributed by atoms with Crippen LogP contribution in [0.5, 0.6) is 0 Å². The number of alkyl halides is 5. The summed E-state index contributed by atoms with van der Waals surface area (Å²) in [6.45, 7) is 0. The second-order valence-corrected chi connectivity index (χ2v) is 1.32. The van der Waals surface area contributed by atoms with E-state index in [9.17, 15) is 22.0 Å². The molecule has 9 heavy (non-hydrogen) atoms. The Bertz CT molecular complexity index is 86.7. The highest BCUT2D eigenvalue weighted by Gasteiger charge is 2.45. The van der Waals surface area contributed by atoms with Gasteiger partial charge in [-0.05, 0) is 0 Å². The van der Waals surface area contributed by atoms with Crippen molar-refractivity contribution in [2.75, 3.05) is 0 Å². The molecular weight excluding hydrogens is 147 g/mol. The van der Waals surface area contributed by atoms with Crippen LogP contribution in [-0.2, 0) is 0 Å². The zero-order chi connectivity index (χ0) is 7.65. The van der Waals surface area contributed by atoms with Gasteiger partial charge in [-0.2, -0.15) is 13.2 Å². The Hall–Kier alpha value is -0.390. The van der Waals surface area contributed by atoms with Gasteiger partial charge in [-0.25, -0.2) is 8.78 Å². The van der Waals surface area contributed by atoms with Gasteiger partial charge in [0.2, 0.25) is 12.5 Å². The largest absolute Gasteiger partial charge is 0.425 e. The third-order valence-electron chi connectivity index (χ3n) is 0.554. The van der Waals surface area contributed by atoms with Crippen LogP contribution in [0.1, 0.15) is 0 Å². The van der Waals surface area contributed by atoms with Gasteiger partial charge in [0.15, 0.2) is 0 Å². The van der Waals surface area contributed by atoms with E-state index < -0.39 is 18.7 Å². The van der Waals surface area contributed by atoms with Crippen molar-refractivity contribution in [3.63, 3.8) is 0 Å². The zero-order valence-electron chi connectivity index (χ0n) is 3.99. The van der Waals surface area contributed by atoms with E-state index in [-0.39, 0.29) is 0 Å². The molecule has 0 aromatic rings. The average molecular weight is 150 g/mol. The lowest BCUT2D eigenvalue weighted by molar-refractivity contribution is -0.224. The molecular formula is C3H3F5O. The first-order valence-electron chi connectivity index (χ1n) is 1.88. The smallest absolute Gasteiger partial charge is 0.362 e. The first-order valence-corrected chi connectivity index (χ1v) is 1.88. The van der Waals surface area contributed by atoms with E-state index in [1.807, 2.05) is 0 Å². The molecule has 0 aliphatic heterocycles. The summed E-state index contributed by atoms with van der Waals surface area (Å²) in [4.78, 5) is 0. The van der Waals surface area contributed by atoms with Gasteiger partial charge in [0.1, 0.15) is 0 Å². The summed E-state index contributed by atoms with van der Waals surface area (Å²) in [5, 5.41) is 7.39. The van der Waals surface area contributed by atoms with E-state index in [1.165, 1.54) is 0 Å². The number of hydrogen-bond acceptors (Lipinski definition) is 1. The maximum Gasteiger partial charge on any atom is 0.425 e. The molecule has 0 aromatic heterocycles. The summed E-state index contributed by atoms with van der Waals surface area (Å²) in [7, 11) is 0. The third kappa shape index (κ3) is 2.59. The molecule has 2 atom stereocenters. The fraction of sp³-hybridized carbons (Fsp3) is 1.00. The number of aliphatic hydroxyl groups excluding tert-OH is 1. The minimum atomic E-state index is -5.31. The molecule has 0 radical (unpaired) electrons. The highest BCUT2D eigenvalue weighted by atomic mass is 19.4. The van der Waals surface area contributed by atoms with Crippen LogP contribution in [0.3, 0.4) is 0 Å². The van der Waals surface area contributed by atoms with Crippen LogP contribution in [0.2, 0.25) is 0 Å². The van der Waals surface area contributed by atoms with Crippen LogP contribution in [-0.4, -0.2) is 23.8 Å². The Morgan fingerprint density at radius 3 is 1.44 bits per heavy atom. The fourth-order valence-corrected chi connectivity index (χ4v) is 0.156. The molecule has 2 unspecified atom stereocenters. The van der Waals surface area contributed by atoms with Crippen molar-refractivity contribution in [3.05, 3.63) is 0 Å². The van der Waals surface area contributed by atoms with Gasteiger partial charge in [-0.15, -0.1) is 0 Å². The molecule has 0 saturated heterocycles. The zero-order valence-corrected chi connectivity index (χ0v) is 3.99. The predicted molar refractivity (Wildman–Crippen MR) is 18.1 cm³/mol. The first-order chi connectivity index (χ1) is 3.85. The molecule has 6 heteroatoms. The molecule has 0 saturated carbocycles. The number of aliphatic hydroxyl groups is 1. The molecule has 1 N–H and O–H groups in total. The number of rotatable bonds is 1. The monoisotopic (exact) mass is 150 g/mol. The maximum atomic E-state index is 11.3. The Balaban J connectivity index is 3.88. The predicted octanol–water partition coefficient (Wildman–Crippen LogP) is 1.17. The lowest BCUT2D eigenvalue weighted by atomic mass is 10.4.